The highest BCUT2D eigenvalue weighted by molar-refractivity contribution is 5.76. The second kappa shape index (κ2) is 4.25. The monoisotopic (exact) mass is 230 g/mol. The maximum atomic E-state index is 12.1. The van der Waals surface area contributed by atoms with Crippen molar-refractivity contribution in [2.24, 2.45) is 0 Å². The molecule has 1 aromatic heterocycles. The number of aromatic nitrogens is 3. The van der Waals surface area contributed by atoms with E-state index in [-0.39, 0.29) is 5.56 Å². The molecular weight excluding hydrogens is 216 g/mol. The zero-order valence-corrected chi connectivity index (χ0v) is 9.47. The van der Waals surface area contributed by atoms with Crippen LogP contribution in [0, 0.1) is 0 Å². The summed E-state index contributed by atoms with van der Waals surface area (Å²) in [5.41, 5.74) is 0.609. The number of nitrogens with zero attached hydrogens (tertiary/aromatic N) is 3. The average molecular weight is 230 g/mol. The standard InChI is InChI=1S/C12H14N4O/c17-12-10-5-1-2-6-11(10)14-15-16(12)8-9-4-3-7-13-9/h1-2,5-6,9,13H,3-4,7-8H2/t9-/m1/s1. The van der Waals surface area contributed by atoms with Crippen molar-refractivity contribution in [3.8, 4) is 0 Å². The van der Waals surface area contributed by atoms with Crippen LogP contribution in [0.2, 0.25) is 0 Å². The van der Waals surface area contributed by atoms with E-state index >= 15 is 0 Å². The third-order valence-electron chi connectivity index (χ3n) is 3.19. The van der Waals surface area contributed by atoms with Gasteiger partial charge in [0.2, 0.25) is 0 Å². The Bertz CT molecular complexity index is 586. The summed E-state index contributed by atoms with van der Waals surface area (Å²) in [5.74, 6) is 0. The summed E-state index contributed by atoms with van der Waals surface area (Å²) in [6.07, 6.45) is 2.27. The van der Waals surface area contributed by atoms with Crippen LogP contribution >= 0.6 is 0 Å². The summed E-state index contributed by atoms with van der Waals surface area (Å²) >= 11 is 0. The van der Waals surface area contributed by atoms with Gasteiger partial charge in [0.15, 0.2) is 0 Å². The van der Waals surface area contributed by atoms with E-state index in [1.165, 1.54) is 11.1 Å². The van der Waals surface area contributed by atoms with Gasteiger partial charge >= 0.3 is 0 Å². The van der Waals surface area contributed by atoms with E-state index in [9.17, 15) is 4.79 Å². The Labute approximate surface area is 98.4 Å². The van der Waals surface area contributed by atoms with Crippen molar-refractivity contribution in [1.29, 1.82) is 0 Å². The molecular formula is C12H14N4O. The molecule has 0 spiro atoms. The molecule has 1 aromatic carbocycles. The fourth-order valence-corrected chi connectivity index (χ4v) is 2.26. The van der Waals surface area contributed by atoms with Gasteiger partial charge in [-0.25, -0.2) is 4.68 Å². The summed E-state index contributed by atoms with van der Waals surface area (Å²) in [6, 6.07) is 7.67. The number of hydrogen-bond acceptors (Lipinski definition) is 4. The molecule has 1 saturated heterocycles. The second-order valence-corrected chi connectivity index (χ2v) is 4.39. The molecule has 1 fully saturated rings. The molecule has 2 heterocycles. The molecule has 0 unspecified atom stereocenters. The van der Waals surface area contributed by atoms with Crippen LogP contribution in [-0.2, 0) is 6.54 Å². The summed E-state index contributed by atoms with van der Waals surface area (Å²) in [6.45, 7) is 1.64. The smallest absolute Gasteiger partial charge is 0.277 e. The first-order chi connectivity index (χ1) is 8.34. The number of benzene rings is 1. The molecule has 1 aliphatic rings. The molecule has 0 bridgehead atoms. The van der Waals surface area contributed by atoms with E-state index in [2.05, 4.69) is 15.6 Å². The first-order valence-corrected chi connectivity index (χ1v) is 5.90. The molecule has 1 aliphatic heterocycles. The summed E-state index contributed by atoms with van der Waals surface area (Å²) in [4.78, 5) is 12.1. The number of fused-ring (bicyclic) bond motifs is 1. The first-order valence-electron chi connectivity index (χ1n) is 5.90. The van der Waals surface area contributed by atoms with Gasteiger partial charge < -0.3 is 5.32 Å². The SMILES string of the molecule is O=c1c2ccccc2nnn1C[C@H]1CCCN1. The fraction of sp³-hybridized carbons (Fsp3) is 0.417. The lowest BCUT2D eigenvalue weighted by atomic mass is 10.2. The topological polar surface area (TPSA) is 59.8 Å². The third kappa shape index (κ3) is 1.93. The Kier molecular flexibility index (Phi) is 2.60. The minimum atomic E-state index is -0.0516. The molecule has 88 valence electrons. The Morgan fingerprint density at radius 1 is 1.41 bits per heavy atom. The summed E-state index contributed by atoms with van der Waals surface area (Å²) in [7, 11) is 0. The Balaban J connectivity index is 1.99. The lowest BCUT2D eigenvalue weighted by molar-refractivity contribution is 0.447. The Morgan fingerprint density at radius 3 is 3.12 bits per heavy atom. The third-order valence-corrected chi connectivity index (χ3v) is 3.19. The van der Waals surface area contributed by atoms with Crippen LogP contribution in [0.4, 0.5) is 0 Å². The van der Waals surface area contributed by atoms with E-state index < -0.39 is 0 Å². The van der Waals surface area contributed by atoms with Crippen LogP contribution in [0.1, 0.15) is 12.8 Å². The lowest BCUT2D eigenvalue weighted by Gasteiger charge is -2.10. The van der Waals surface area contributed by atoms with E-state index in [0.29, 0.717) is 23.5 Å². The lowest BCUT2D eigenvalue weighted by Crippen LogP contribution is -2.34. The zero-order chi connectivity index (χ0) is 11.7. The van der Waals surface area contributed by atoms with E-state index in [4.69, 9.17) is 0 Å². The Hall–Kier alpha value is -1.75. The zero-order valence-electron chi connectivity index (χ0n) is 9.47. The molecule has 3 rings (SSSR count). The van der Waals surface area contributed by atoms with Crippen LogP contribution in [0.25, 0.3) is 10.9 Å². The molecule has 2 aromatic rings. The number of hydrogen-bond donors (Lipinski definition) is 1. The maximum Gasteiger partial charge on any atom is 0.277 e. The molecule has 0 saturated carbocycles. The molecule has 0 amide bonds. The van der Waals surface area contributed by atoms with Crippen molar-refractivity contribution in [2.75, 3.05) is 6.54 Å². The predicted octanol–water partition coefficient (Wildman–Crippen LogP) is 0.543. The van der Waals surface area contributed by atoms with Gasteiger partial charge in [0.25, 0.3) is 5.56 Å². The van der Waals surface area contributed by atoms with Crippen LogP contribution in [0.15, 0.2) is 29.1 Å². The van der Waals surface area contributed by atoms with Gasteiger partial charge in [0, 0.05) is 6.04 Å². The largest absolute Gasteiger partial charge is 0.312 e. The van der Waals surface area contributed by atoms with Gasteiger partial charge in [0.05, 0.1) is 11.9 Å². The van der Waals surface area contributed by atoms with Crippen molar-refractivity contribution in [1.82, 2.24) is 20.3 Å². The minimum Gasteiger partial charge on any atom is -0.312 e. The summed E-state index contributed by atoms with van der Waals surface area (Å²) in [5, 5.41) is 12.0. The van der Waals surface area contributed by atoms with Crippen LogP contribution in [-0.4, -0.2) is 27.6 Å². The van der Waals surface area contributed by atoms with E-state index in [1.54, 1.807) is 6.07 Å². The van der Waals surface area contributed by atoms with Gasteiger partial charge in [-0.1, -0.05) is 17.3 Å². The molecule has 1 N–H and O–H groups in total. The quantitative estimate of drug-likeness (QED) is 0.818. The van der Waals surface area contributed by atoms with Gasteiger partial charge in [-0.2, -0.15) is 0 Å². The van der Waals surface area contributed by atoms with Crippen molar-refractivity contribution >= 4 is 10.9 Å². The fourth-order valence-electron chi connectivity index (χ4n) is 2.26. The van der Waals surface area contributed by atoms with E-state index in [1.807, 2.05) is 18.2 Å². The molecule has 0 radical (unpaired) electrons. The number of nitrogens with one attached hydrogen (secondary N) is 1. The van der Waals surface area contributed by atoms with Crippen molar-refractivity contribution < 1.29 is 0 Å². The maximum absolute atomic E-state index is 12.1. The first kappa shape index (κ1) is 10.4. The van der Waals surface area contributed by atoms with Gasteiger partial charge in [-0.15, -0.1) is 5.10 Å². The minimum absolute atomic E-state index is 0.0516. The van der Waals surface area contributed by atoms with Gasteiger partial charge in [-0.3, -0.25) is 4.79 Å². The van der Waals surface area contributed by atoms with Crippen molar-refractivity contribution in [3.63, 3.8) is 0 Å². The second-order valence-electron chi connectivity index (χ2n) is 4.39. The molecule has 17 heavy (non-hydrogen) atoms. The van der Waals surface area contributed by atoms with Gasteiger partial charge in [0.1, 0.15) is 5.52 Å². The van der Waals surface area contributed by atoms with Gasteiger partial charge in [-0.05, 0) is 31.5 Å². The molecule has 5 heteroatoms. The number of rotatable bonds is 2. The normalized spacial score (nSPS) is 19.9. The molecule has 0 aliphatic carbocycles. The van der Waals surface area contributed by atoms with Crippen molar-refractivity contribution in [2.45, 2.75) is 25.4 Å². The van der Waals surface area contributed by atoms with Crippen molar-refractivity contribution in [3.05, 3.63) is 34.6 Å². The summed E-state index contributed by atoms with van der Waals surface area (Å²) < 4.78 is 1.46. The predicted molar refractivity (Wildman–Crippen MR) is 64.8 cm³/mol. The highest BCUT2D eigenvalue weighted by Crippen LogP contribution is 2.07. The van der Waals surface area contributed by atoms with Crippen LogP contribution < -0.4 is 10.9 Å². The highest BCUT2D eigenvalue weighted by Gasteiger charge is 2.16. The highest BCUT2D eigenvalue weighted by atomic mass is 16.1. The van der Waals surface area contributed by atoms with E-state index in [0.717, 1.165) is 13.0 Å². The average Bonchev–Trinajstić information content (AvgIpc) is 2.86. The Morgan fingerprint density at radius 2 is 2.29 bits per heavy atom. The molecule has 1 atom stereocenters. The molecule has 5 nitrogen and oxygen atoms in total. The van der Waals surface area contributed by atoms with Crippen LogP contribution in [0.3, 0.4) is 0 Å². The van der Waals surface area contributed by atoms with Crippen LogP contribution in [0.5, 0.6) is 0 Å².